The molecule has 3 fully saturated rings. The Morgan fingerprint density at radius 1 is 0.855 bits per heavy atom. The van der Waals surface area contributed by atoms with Crippen molar-refractivity contribution in [2.24, 2.45) is 35.5 Å². The van der Waals surface area contributed by atoms with E-state index in [9.17, 15) is 44.4 Å². The van der Waals surface area contributed by atoms with Gasteiger partial charge in [-0.1, -0.05) is 77.7 Å². The van der Waals surface area contributed by atoms with Gasteiger partial charge < -0.3 is 34.8 Å². The molecule has 0 spiro atoms. The molecule has 0 aromatic heterocycles. The molecule has 4 N–H and O–H groups in total. The minimum absolute atomic E-state index is 0.0705. The van der Waals surface area contributed by atoms with Crippen molar-refractivity contribution in [3.8, 4) is 0 Å². The summed E-state index contributed by atoms with van der Waals surface area (Å²) in [4.78, 5) is 70.2. The molecule has 2 aliphatic heterocycles. The van der Waals surface area contributed by atoms with Crippen LogP contribution in [0, 0.1) is 35.5 Å². The average Bonchev–Trinajstić information content (AvgIpc) is 3.24. The van der Waals surface area contributed by atoms with Crippen molar-refractivity contribution < 1.29 is 53.9 Å². The zero-order valence-corrected chi connectivity index (χ0v) is 38.5. The topological polar surface area (TPSA) is 188 Å². The summed E-state index contributed by atoms with van der Waals surface area (Å²) in [5.74, 6) is -7.22. The standard InChI is InChI=1S/C50H77NO11/c1-10-12-13-16-32(4)42(53)28-40-23-18-37(9)50(60,62-40)47(57)48(58)51-24-15-14-17-41(51)49(59)61-46(36(8)27-38-19-21-39(52)22-20-38)30-45(56)35(7)26-34(6)44(55)29-43(54)33(5)25-31(3)11-2/h10-13,16,26,31,33,35-42,44,46,52-53,55,60H,1-2,14-15,17-25,27-30H2,3-9H3/b13-12+,32-16+,34-26+/t31-,33+,35+,36+,37+,38-,39-,40-,41-,42-,44-,46-,50+/m0/s1. The molecule has 0 bridgehead atoms. The second-order valence-corrected chi connectivity index (χ2v) is 18.8. The maximum absolute atomic E-state index is 14.2. The number of hydrogen-bond acceptors (Lipinski definition) is 11. The molecule has 2 saturated heterocycles. The number of esters is 1. The molecular weight excluding hydrogens is 791 g/mol. The molecule has 1 saturated carbocycles. The van der Waals surface area contributed by atoms with E-state index in [1.165, 1.54) is 4.90 Å². The van der Waals surface area contributed by atoms with Crippen molar-refractivity contribution in [1.29, 1.82) is 0 Å². The normalized spacial score (nSPS) is 28.5. The van der Waals surface area contributed by atoms with Crippen molar-refractivity contribution in [3.05, 3.63) is 60.8 Å². The second kappa shape index (κ2) is 25.1. The number of carbonyl (C=O) groups is 5. The Labute approximate surface area is 370 Å². The predicted molar refractivity (Wildman–Crippen MR) is 239 cm³/mol. The highest BCUT2D eigenvalue weighted by Gasteiger charge is 2.53. The van der Waals surface area contributed by atoms with Gasteiger partial charge in [0.05, 0.1) is 24.4 Å². The number of piperidine rings is 1. The monoisotopic (exact) mass is 868 g/mol. The van der Waals surface area contributed by atoms with Crippen LogP contribution in [0.25, 0.3) is 0 Å². The van der Waals surface area contributed by atoms with Crippen molar-refractivity contribution in [2.45, 2.75) is 181 Å². The van der Waals surface area contributed by atoms with E-state index >= 15 is 0 Å². The quantitative estimate of drug-likeness (QED) is 0.0356. The van der Waals surface area contributed by atoms with Gasteiger partial charge in [0, 0.05) is 43.6 Å². The summed E-state index contributed by atoms with van der Waals surface area (Å²) in [5.41, 5.74) is 1.15. The summed E-state index contributed by atoms with van der Waals surface area (Å²) in [6.45, 7) is 20.0. The van der Waals surface area contributed by atoms with Gasteiger partial charge >= 0.3 is 5.97 Å². The van der Waals surface area contributed by atoms with Gasteiger partial charge in [0.15, 0.2) is 0 Å². The fraction of sp³-hybridized carbons (Fsp3) is 0.700. The molecule has 348 valence electrons. The van der Waals surface area contributed by atoms with Crippen LogP contribution >= 0.6 is 0 Å². The summed E-state index contributed by atoms with van der Waals surface area (Å²) in [7, 11) is 0. The third-order valence-corrected chi connectivity index (χ3v) is 13.6. The Morgan fingerprint density at radius 2 is 1.53 bits per heavy atom. The van der Waals surface area contributed by atoms with Gasteiger partial charge in [0.25, 0.3) is 11.7 Å². The molecule has 3 rings (SSSR count). The number of ether oxygens (including phenoxy) is 2. The molecule has 11 atom stereocenters. The van der Waals surface area contributed by atoms with Crippen molar-refractivity contribution in [3.63, 3.8) is 0 Å². The molecule has 2 heterocycles. The highest BCUT2D eigenvalue weighted by atomic mass is 16.6. The Balaban J connectivity index is 1.78. The summed E-state index contributed by atoms with van der Waals surface area (Å²) in [6, 6.07) is -1.13. The highest BCUT2D eigenvalue weighted by molar-refractivity contribution is 6.39. The van der Waals surface area contributed by atoms with Crippen LogP contribution in [0.4, 0.5) is 0 Å². The van der Waals surface area contributed by atoms with E-state index in [4.69, 9.17) is 9.47 Å². The summed E-state index contributed by atoms with van der Waals surface area (Å²) < 4.78 is 12.2. The van der Waals surface area contributed by atoms with Crippen molar-refractivity contribution in [2.75, 3.05) is 6.54 Å². The predicted octanol–water partition coefficient (Wildman–Crippen LogP) is 7.08. The molecule has 12 nitrogen and oxygen atoms in total. The van der Waals surface area contributed by atoms with E-state index in [0.717, 1.165) is 12.8 Å². The molecule has 1 amide bonds. The minimum Gasteiger partial charge on any atom is -0.460 e. The largest absolute Gasteiger partial charge is 0.460 e. The van der Waals surface area contributed by atoms with Gasteiger partial charge in [0.1, 0.15) is 23.7 Å². The Morgan fingerprint density at radius 3 is 2.18 bits per heavy atom. The van der Waals surface area contributed by atoms with Crippen molar-refractivity contribution >= 4 is 29.2 Å². The lowest BCUT2D eigenvalue weighted by Crippen LogP contribution is -2.61. The fourth-order valence-corrected chi connectivity index (χ4v) is 9.00. The van der Waals surface area contributed by atoms with Crippen LogP contribution in [0.1, 0.15) is 138 Å². The summed E-state index contributed by atoms with van der Waals surface area (Å²) in [6.07, 6.45) is 12.7. The van der Waals surface area contributed by atoms with Gasteiger partial charge in [-0.2, -0.15) is 0 Å². The summed E-state index contributed by atoms with van der Waals surface area (Å²) in [5, 5.41) is 43.6. The number of rotatable bonds is 23. The second-order valence-electron chi connectivity index (χ2n) is 18.8. The van der Waals surface area contributed by atoms with E-state index < -0.39 is 65.7 Å². The third-order valence-electron chi connectivity index (χ3n) is 13.6. The number of aliphatic hydroxyl groups is 4. The van der Waals surface area contributed by atoms with Crippen molar-refractivity contribution in [1.82, 2.24) is 4.90 Å². The fourth-order valence-electron chi connectivity index (χ4n) is 9.00. The first-order valence-electron chi connectivity index (χ1n) is 23.0. The number of likely N-dealkylation sites (tertiary alicyclic amines) is 1. The zero-order chi connectivity index (χ0) is 46.3. The van der Waals surface area contributed by atoms with Crippen LogP contribution in [-0.4, -0.2) is 103 Å². The molecule has 62 heavy (non-hydrogen) atoms. The van der Waals surface area contributed by atoms with E-state index in [1.54, 1.807) is 64.2 Å². The number of nitrogens with zero attached hydrogens (tertiary/aromatic N) is 1. The van der Waals surface area contributed by atoms with Gasteiger partial charge in [0.2, 0.25) is 5.79 Å². The Kier molecular flexibility index (Phi) is 21.3. The lowest BCUT2D eigenvalue weighted by atomic mass is 9.79. The lowest BCUT2D eigenvalue weighted by molar-refractivity contribution is -0.265. The van der Waals surface area contributed by atoms with Gasteiger partial charge in [-0.15, -0.1) is 6.58 Å². The molecule has 0 aromatic rings. The van der Waals surface area contributed by atoms with E-state index in [-0.39, 0.29) is 73.6 Å². The number of allylic oxidation sites excluding steroid dienone is 6. The number of Topliss-reactive ketones (excluding diaryl/α,β-unsaturated/α-hetero) is 3. The average molecular weight is 868 g/mol. The Bertz CT molecular complexity index is 1640. The molecule has 0 unspecified atom stereocenters. The van der Waals surface area contributed by atoms with Gasteiger partial charge in [-0.05, 0) is 113 Å². The maximum Gasteiger partial charge on any atom is 0.329 e. The summed E-state index contributed by atoms with van der Waals surface area (Å²) >= 11 is 0. The van der Waals surface area contributed by atoms with E-state index in [2.05, 4.69) is 13.2 Å². The van der Waals surface area contributed by atoms with Crippen LogP contribution in [0.2, 0.25) is 0 Å². The van der Waals surface area contributed by atoms with Crippen LogP contribution in [0.15, 0.2) is 60.8 Å². The maximum atomic E-state index is 14.2. The van der Waals surface area contributed by atoms with Crippen LogP contribution in [0.5, 0.6) is 0 Å². The molecule has 12 heteroatoms. The first-order chi connectivity index (χ1) is 29.2. The molecular formula is C50H77NO11. The van der Waals surface area contributed by atoms with Crippen LogP contribution < -0.4 is 0 Å². The van der Waals surface area contributed by atoms with E-state index in [0.29, 0.717) is 62.5 Å². The minimum atomic E-state index is -2.46. The van der Waals surface area contributed by atoms with Gasteiger partial charge in [-0.3, -0.25) is 19.2 Å². The highest BCUT2D eigenvalue weighted by Crippen LogP contribution is 2.37. The third kappa shape index (κ3) is 15.3. The first kappa shape index (κ1) is 52.8. The zero-order valence-electron chi connectivity index (χ0n) is 38.5. The lowest BCUT2D eigenvalue weighted by Gasteiger charge is -2.42. The Hall–Kier alpha value is -3.55. The van der Waals surface area contributed by atoms with Gasteiger partial charge in [-0.25, -0.2) is 4.79 Å². The number of amides is 1. The van der Waals surface area contributed by atoms with E-state index in [1.807, 2.05) is 20.8 Å². The number of carbonyl (C=O) groups excluding carboxylic acids is 5. The molecule has 0 radical (unpaired) electrons. The molecule has 1 aliphatic carbocycles. The number of ketones is 3. The SMILES string of the molecule is C=C/C=C/C=C(\C)[C@@H](O)C[C@@H]1CC[C@@H](C)[C@](O)(C(=O)C(=O)N2CCCC[C@H]2C(=O)O[C@@H](CC(=O)[C@H](C)/C=C(\C)[C@@H](O)CC(=O)[C@H](C)C[C@@H](C)C=C)[C@H](C)C[C@H]2CC[C@H](O)CC2)O1. The smallest absolute Gasteiger partial charge is 0.329 e. The molecule has 3 aliphatic rings. The number of aliphatic hydroxyl groups excluding tert-OH is 3. The number of hydrogen-bond donors (Lipinski definition) is 4. The van der Waals surface area contributed by atoms with Crippen LogP contribution in [-0.2, 0) is 33.4 Å². The molecule has 0 aromatic carbocycles. The van der Waals surface area contributed by atoms with Crippen LogP contribution in [0.3, 0.4) is 0 Å². The first-order valence-corrected chi connectivity index (χ1v) is 23.0.